The van der Waals surface area contributed by atoms with E-state index in [9.17, 15) is 9.59 Å². The van der Waals surface area contributed by atoms with E-state index in [4.69, 9.17) is 9.47 Å². The molecule has 0 aliphatic carbocycles. The molecule has 2 aromatic heterocycles. The van der Waals surface area contributed by atoms with Crippen molar-refractivity contribution in [3.8, 4) is 16.9 Å². The zero-order valence-electron chi connectivity index (χ0n) is 19.1. The third-order valence-corrected chi connectivity index (χ3v) is 5.58. The normalized spacial score (nSPS) is 13.6. The highest BCUT2D eigenvalue weighted by Gasteiger charge is 2.18. The van der Waals surface area contributed by atoms with Crippen LogP contribution in [0.25, 0.3) is 11.1 Å². The Morgan fingerprint density at radius 2 is 2.00 bits per heavy atom. The van der Waals surface area contributed by atoms with E-state index in [1.165, 1.54) is 0 Å². The molecule has 1 aromatic carbocycles. The zero-order chi connectivity index (χ0) is 23.4. The predicted octanol–water partition coefficient (Wildman–Crippen LogP) is 3.24. The second-order valence-electron chi connectivity index (χ2n) is 7.90. The lowest BCUT2D eigenvalue weighted by atomic mass is 10.0. The van der Waals surface area contributed by atoms with E-state index >= 15 is 0 Å². The lowest BCUT2D eigenvalue weighted by Gasteiger charge is -2.28. The van der Waals surface area contributed by atoms with Gasteiger partial charge in [0.1, 0.15) is 11.4 Å². The number of carbonyl (C=O) groups is 1. The number of carbonyl (C=O) groups excluding carboxylic acids is 1. The summed E-state index contributed by atoms with van der Waals surface area (Å²) in [6.07, 6.45) is 3.43. The second kappa shape index (κ2) is 9.87. The van der Waals surface area contributed by atoms with Gasteiger partial charge in [0.25, 0.3) is 11.5 Å². The third kappa shape index (κ3) is 5.06. The Morgan fingerprint density at radius 1 is 1.21 bits per heavy atom. The Hall–Kier alpha value is -3.65. The number of rotatable bonds is 6. The lowest BCUT2D eigenvalue weighted by molar-refractivity contribution is 0.102. The summed E-state index contributed by atoms with van der Waals surface area (Å²) in [5, 5.41) is 2.92. The van der Waals surface area contributed by atoms with Crippen molar-refractivity contribution in [1.29, 1.82) is 0 Å². The number of anilines is 2. The molecule has 4 rings (SSSR count). The first-order valence-corrected chi connectivity index (χ1v) is 11.0. The van der Waals surface area contributed by atoms with Crippen molar-refractivity contribution in [3.05, 3.63) is 70.4 Å². The third-order valence-electron chi connectivity index (χ3n) is 5.58. The van der Waals surface area contributed by atoms with E-state index in [-0.39, 0.29) is 11.5 Å². The van der Waals surface area contributed by atoms with Crippen molar-refractivity contribution in [3.63, 3.8) is 0 Å². The van der Waals surface area contributed by atoms with Gasteiger partial charge in [0.2, 0.25) is 0 Å². The Kier molecular flexibility index (Phi) is 6.74. The monoisotopic (exact) mass is 448 g/mol. The van der Waals surface area contributed by atoms with Gasteiger partial charge in [-0.3, -0.25) is 14.6 Å². The standard InChI is InChI=1S/C25H28N4O4/c1-4-33-21-7-5-6-18(12-21)24(30)27-20-14-22(17(2)26-15-20)19-13-23(25(31)28(3)16-19)29-8-10-32-11-9-29/h5-7,12-16H,4,8-11H2,1-3H3,(H,27,30). The van der Waals surface area contributed by atoms with Crippen LogP contribution >= 0.6 is 0 Å². The summed E-state index contributed by atoms with van der Waals surface area (Å²) in [6.45, 7) is 6.88. The van der Waals surface area contributed by atoms with Gasteiger partial charge in [0, 0.05) is 48.7 Å². The van der Waals surface area contributed by atoms with Crippen molar-refractivity contribution in [2.75, 3.05) is 43.1 Å². The maximum Gasteiger partial charge on any atom is 0.273 e. The molecule has 1 saturated heterocycles. The predicted molar refractivity (Wildman–Crippen MR) is 128 cm³/mol. The fraction of sp³-hybridized carbons (Fsp3) is 0.320. The number of aromatic nitrogens is 2. The molecule has 1 N–H and O–H groups in total. The maximum absolute atomic E-state index is 12.8. The first-order chi connectivity index (χ1) is 16.0. The number of aryl methyl sites for hydroxylation is 2. The van der Waals surface area contributed by atoms with Crippen LogP contribution in [0.3, 0.4) is 0 Å². The summed E-state index contributed by atoms with van der Waals surface area (Å²) in [5.74, 6) is 0.399. The van der Waals surface area contributed by atoms with Crippen LogP contribution in [-0.4, -0.2) is 48.4 Å². The smallest absolute Gasteiger partial charge is 0.273 e. The molecule has 0 saturated carbocycles. The fourth-order valence-electron chi connectivity index (χ4n) is 3.86. The highest BCUT2D eigenvalue weighted by Crippen LogP contribution is 2.27. The minimum atomic E-state index is -0.248. The fourth-order valence-corrected chi connectivity index (χ4v) is 3.86. The molecular formula is C25H28N4O4. The van der Waals surface area contributed by atoms with E-state index in [1.54, 1.807) is 42.2 Å². The van der Waals surface area contributed by atoms with Crippen LogP contribution in [-0.2, 0) is 11.8 Å². The number of benzene rings is 1. The van der Waals surface area contributed by atoms with Crippen molar-refractivity contribution >= 4 is 17.3 Å². The van der Waals surface area contributed by atoms with Crippen molar-refractivity contribution in [2.45, 2.75) is 13.8 Å². The number of pyridine rings is 2. The summed E-state index contributed by atoms with van der Waals surface area (Å²) in [5.41, 5.74) is 4.17. The number of ether oxygens (including phenoxy) is 2. The average molecular weight is 449 g/mol. The minimum Gasteiger partial charge on any atom is -0.494 e. The highest BCUT2D eigenvalue weighted by atomic mass is 16.5. The molecule has 33 heavy (non-hydrogen) atoms. The van der Waals surface area contributed by atoms with Crippen molar-refractivity contribution < 1.29 is 14.3 Å². The van der Waals surface area contributed by atoms with Crippen molar-refractivity contribution in [1.82, 2.24) is 9.55 Å². The molecule has 3 aromatic rings. The zero-order valence-corrected chi connectivity index (χ0v) is 19.1. The molecule has 1 aliphatic heterocycles. The molecule has 1 aliphatic rings. The SMILES string of the molecule is CCOc1cccc(C(=O)Nc2cnc(C)c(-c3cc(N4CCOCC4)c(=O)n(C)c3)c2)c1. The molecule has 172 valence electrons. The van der Waals surface area contributed by atoms with Gasteiger partial charge in [-0.25, -0.2) is 0 Å². The van der Waals surface area contributed by atoms with Crippen LogP contribution in [0.5, 0.6) is 5.75 Å². The van der Waals surface area contributed by atoms with Gasteiger partial charge < -0.3 is 24.3 Å². The highest BCUT2D eigenvalue weighted by molar-refractivity contribution is 6.04. The largest absolute Gasteiger partial charge is 0.494 e. The number of morpholine rings is 1. The molecule has 0 bridgehead atoms. The summed E-state index contributed by atoms with van der Waals surface area (Å²) >= 11 is 0. The first-order valence-electron chi connectivity index (χ1n) is 11.0. The second-order valence-corrected chi connectivity index (χ2v) is 7.90. The minimum absolute atomic E-state index is 0.0510. The number of hydrogen-bond acceptors (Lipinski definition) is 6. The Morgan fingerprint density at radius 3 is 2.76 bits per heavy atom. The molecule has 8 heteroatoms. The van der Waals surface area contributed by atoms with E-state index in [2.05, 4.69) is 15.2 Å². The summed E-state index contributed by atoms with van der Waals surface area (Å²) in [4.78, 5) is 32.1. The van der Waals surface area contributed by atoms with Crippen LogP contribution in [0.4, 0.5) is 11.4 Å². The van der Waals surface area contributed by atoms with Crippen molar-refractivity contribution in [2.24, 2.45) is 7.05 Å². The molecule has 0 radical (unpaired) electrons. The van der Waals surface area contributed by atoms with Crippen LogP contribution < -0.4 is 20.5 Å². The number of hydrogen-bond donors (Lipinski definition) is 1. The van der Waals surface area contributed by atoms with Crippen LogP contribution in [0.2, 0.25) is 0 Å². The number of amides is 1. The molecule has 1 fully saturated rings. The average Bonchev–Trinajstić information content (AvgIpc) is 2.83. The molecule has 0 atom stereocenters. The van der Waals surface area contributed by atoms with Gasteiger partial charge in [0.05, 0.1) is 31.7 Å². The Balaban J connectivity index is 1.64. The summed E-state index contributed by atoms with van der Waals surface area (Å²) < 4.78 is 12.5. The maximum atomic E-state index is 12.8. The van der Waals surface area contributed by atoms with Crippen LogP contribution in [0.15, 0.2) is 53.6 Å². The van der Waals surface area contributed by atoms with Crippen LogP contribution in [0.1, 0.15) is 23.0 Å². The van der Waals surface area contributed by atoms with Gasteiger partial charge in [-0.15, -0.1) is 0 Å². The quantitative estimate of drug-likeness (QED) is 0.623. The number of nitrogens with zero attached hydrogens (tertiary/aromatic N) is 3. The lowest BCUT2D eigenvalue weighted by Crippen LogP contribution is -2.40. The topological polar surface area (TPSA) is 85.7 Å². The molecular weight excluding hydrogens is 420 g/mol. The van der Waals surface area contributed by atoms with E-state index in [1.807, 2.05) is 32.0 Å². The van der Waals surface area contributed by atoms with Crippen LogP contribution in [0, 0.1) is 6.92 Å². The first kappa shape index (κ1) is 22.5. The molecule has 8 nitrogen and oxygen atoms in total. The molecule has 1 amide bonds. The van der Waals surface area contributed by atoms with Gasteiger partial charge >= 0.3 is 0 Å². The van der Waals surface area contributed by atoms with Gasteiger partial charge in [0.15, 0.2) is 0 Å². The summed E-state index contributed by atoms with van der Waals surface area (Å²) in [7, 11) is 1.75. The van der Waals surface area contributed by atoms with E-state index in [0.29, 0.717) is 55.6 Å². The van der Waals surface area contributed by atoms with E-state index < -0.39 is 0 Å². The van der Waals surface area contributed by atoms with Gasteiger partial charge in [-0.1, -0.05) is 6.07 Å². The van der Waals surface area contributed by atoms with Gasteiger partial charge in [-0.2, -0.15) is 0 Å². The molecule has 3 heterocycles. The van der Waals surface area contributed by atoms with Gasteiger partial charge in [-0.05, 0) is 44.2 Å². The summed E-state index contributed by atoms with van der Waals surface area (Å²) in [6, 6.07) is 10.8. The molecule has 0 spiro atoms. The van der Waals surface area contributed by atoms with E-state index in [0.717, 1.165) is 16.8 Å². The molecule has 0 unspecified atom stereocenters. The Labute approximate surface area is 192 Å². The Bertz CT molecular complexity index is 1220. The number of nitrogens with one attached hydrogen (secondary N) is 1.